The summed E-state index contributed by atoms with van der Waals surface area (Å²) in [5, 5.41) is 3.57. The number of ether oxygens (including phenoxy) is 1. The molecule has 0 spiro atoms. The van der Waals surface area contributed by atoms with Crippen LogP contribution in [0.5, 0.6) is 5.75 Å². The summed E-state index contributed by atoms with van der Waals surface area (Å²) >= 11 is 7.53. The van der Waals surface area contributed by atoms with E-state index in [0.717, 1.165) is 29.3 Å². The van der Waals surface area contributed by atoms with Gasteiger partial charge in [-0.3, -0.25) is 4.79 Å². The Morgan fingerprint density at radius 1 is 1.20 bits per heavy atom. The maximum atomic E-state index is 13.0. The van der Waals surface area contributed by atoms with E-state index < -0.39 is 0 Å². The second kappa shape index (κ2) is 9.19. The Morgan fingerprint density at radius 3 is 2.63 bits per heavy atom. The number of para-hydroxylation sites is 1. The van der Waals surface area contributed by atoms with Crippen LogP contribution in [0.25, 0.3) is 0 Å². The molecule has 0 aliphatic heterocycles. The number of thiazole rings is 1. The van der Waals surface area contributed by atoms with E-state index in [2.05, 4.69) is 19.9 Å². The summed E-state index contributed by atoms with van der Waals surface area (Å²) in [6, 6.07) is 15.5. The molecule has 1 saturated carbocycles. The van der Waals surface area contributed by atoms with E-state index in [1.807, 2.05) is 28.5 Å². The first kappa shape index (κ1) is 20.9. The molecule has 156 valence electrons. The number of carbonyl (C=O) groups excluding carboxylic acids is 1. The van der Waals surface area contributed by atoms with Gasteiger partial charge in [0.25, 0.3) is 5.91 Å². The highest BCUT2D eigenvalue weighted by atomic mass is 35.5. The van der Waals surface area contributed by atoms with Gasteiger partial charge in [-0.05, 0) is 54.7 Å². The lowest BCUT2D eigenvalue weighted by Gasteiger charge is -2.21. The van der Waals surface area contributed by atoms with Gasteiger partial charge in [-0.25, -0.2) is 4.98 Å². The van der Waals surface area contributed by atoms with Crippen LogP contribution in [-0.2, 0) is 13.2 Å². The summed E-state index contributed by atoms with van der Waals surface area (Å²) < 4.78 is 6.05. The van der Waals surface area contributed by atoms with Crippen molar-refractivity contribution in [1.29, 1.82) is 0 Å². The minimum atomic E-state index is 0.0332. The van der Waals surface area contributed by atoms with Crippen molar-refractivity contribution in [1.82, 2.24) is 9.88 Å². The largest absolute Gasteiger partial charge is 0.486 e. The van der Waals surface area contributed by atoms with E-state index >= 15 is 0 Å². The van der Waals surface area contributed by atoms with Crippen LogP contribution in [0.1, 0.15) is 59.2 Å². The molecule has 3 aromatic rings. The highest BCUT2D eigenvalue weighted by molar-refractivity contribution is 7.09. The molecule has 0 saturated heterocycles. The minimum absolute atomic E-state index is 0.0332. The number of hydrogen-bond acceptors (Lipinski definition) is 4. The molecule has 0 radical (unpaired) electrons. The fourth-order valence-electron chi connectivity index (χ4n) is 3.40. The Morgan fingerprint density at radius 2 is 1.93 bits per heavy atom. The van der Waals surface area contributed by atoms with E-state index in [9.17, 15) is 4.79 Å². The van der Waals surface area contributed by atoms with Gasteiger partial charge in [-0.1, -0.05) is 43.6 Å². The monoisotopic (exact) mass is 440 g/mol. The van der Waals surface area contributed by atoms with Crippen LogP contribution in [0.2, 0.25) is 5.02 Å². The molecule has 0 atom stereocenters. The van der Waals surface area contributed by atoms with Crippen LogP contribution in [0, 0.1) is 0 Å². The second-order valence-corrected chi connectivity index (χ2v) is 9.26. The molecule has 1 heterocycles. The van der Waals surface area contributed by atoms with Gasteiger partial charge >= 0.3 is 0 Å². The van der Waals surface area contributed by atoms with Crippen LogP contribution in [0.4, 0.5) is 0 Å². The molecule has 6 heteroatoms. The Labute approximate surface area is 186 Å². The predicted octanol–water partition coefficient (Wildman–Crippen LogP) is 6.30. The normalized spacial score (nSPS) is 13.5. The molecular weight excluding hydrogens is 416 g/mol. The molecule has 4 nitrogen and oxygen atoms in total. The zero-order chi connectivity index (χ0) is 21.1. The standard InChI is InChI=1S/C24H25ClN2O2S/c1-16(2)21-5-3-4-6-22(21)29-14-23-26-19(15-30-23)13-27(20-11-12-20)24(28)17-7-9-18(25)10-8-17/h3-10,15-16,20H,11-14H2,1-2H3. The topological polar surface area (TPSA) is 42.4 Å². The first-order chi connectivity index (χ1) is 14.5. The summed E-state index contributed by atoms with van der Waals surface area (Å²) in [4.78, 5) is 19.6. The summed E-state index contributed by atoms with van der Waals surface area (Å²) in [6.45, 7) is 5.27. The number of benzene rings is 2. The second-order valence-electron chi connectivity index (χ2n) is 7.88. The van der Waals surface area contributed by atoms with Crippen molar-refractivity contribution >= 4 is 28.8 Å². The van der Waals surface area contributed by atoms with Crippen molar-refractivity contribution in [3.05, 3.63) is 80.8 Å². The first-order valence-corrected chi connectivity index (χ1v) is 11.5. The first-order valence-electron chi connectivity index (χ1n) is 10.2. The Bertz CT molecular complexity index is 1010. The van der Waals surface area contributed by atoms with Crippen molar-refractivity contribution < 1.29 is 9.53 Å². The molecule has 1 fully saturated rings. The van der Waals surface area contributed by atoms with Gasteiger partial charge in [0.05, 0.1) is 12.2 Å². The fraction of sp³-hybridized carbons (Fsp3) is 0.333. The minimum Gasteiger partial charge on any atom is -0.486 e. The van der Waals surface area contributed by atoms with Crippen LogP contribution < -0.4 is 4.74 Å². The van der Waals surface area contributed by atoms with Crippen molar-refractivity contribution in [2.75, 3.05) is 0 Å². The highest BCUT2D eigenvalue weighted by Gasteiger charge is 2.33. The molecule has 1 amide bonds. The Kier molecular flexibility index (Phi) is 6.40. The van der Waals surface area contributed by atoms with Crippen molar-refractivity contribution in [3.8, 4) is 5.75 Å². The number of rotatable bonds is 8. The van der Waals surface area contributed by atoms with Crippen LogP contribution >= 0.6 is 22.9 Å². The van der Waals surface area contributed by atoms with E-state index in [0.29, 0.717) is 35.7 Å². The molecule has 1 aromatic heterocycles. The number of hydrogen-bond donors (Lipinski definition) is 0. The number of amides is 1. The number of carbonyl (C=O) groups is 1. The fourth-order valence-corrected chi connectivity index (χ4v) is 4.22. The number of aromatic nitrogens is 1. The van der Waals surface area contributed by atoms with E-state index in [1.165, 1.54) is 5.56 Å². The van der Waals surface area contributed by atoms with Gasteiger partial charge in [0.1, 0.15) is 17.4 Å². The van der Waals surface area contributed by atoms with Crippen molar-refractivity contribution in [2.24, 2.45) is 0 Å². The third-order valence-electron chi connectivity index (χ3n) is 5.16. The molecule has 0 unspecified atom stereocenters. The predicted molar refractivity (Wildman–Crippen MR) is 121 cm³/mol. The van der Waals surface area contributed by atoms with Gasteiger partial charge in [-0.15, -0.1) is 11.3 Å². The maximum Gasteiger partial charge on any atom is 0.254 e. The molecule has 0 N–H and O–H groups in total. The molecule has 2 aromatic carbocycles. The average molecular weight is 441 g/mol. The summed E-state index contributed by atoms with van der Waals surface area (Å²) in [7, 11) is 0. The summed E-state index contributed by atoms with van der Waals surface area (Å²) in [6.07, 6.45) is 2.09. The third-order valence-corrected chi connectivity index (χ3v) is 6.29. The zero-order valence-electron chi connectivity index (χ0n) is 17.2. The maximum absolute atomic E-state index is 13.0. The summed E-state index contributed by atoms with van der Waals surface area (Å²) in [5.74, 6) is 1.34. The molecule has 0 bridgehead atoms. The van der Waals surface area contributed by atoms with Gasteiger partial charge in [0, 0.05) is 22.0 Å². The Balaban J connectivity index is 1.42. The lowest BCUT2D eigenvalue weighted by Crippen LogP contribution is -2.32. The summed E-state index contributed by atoms with van der Waals surface area (Å²) in [5.41, 5.74) is 2.77. The molecule has 30 heavy (non-hydrogen) atoms. The molecule has 1 aliphatic rings. The lowest BCUT2D eigenvalue weighted by atomic mass is 10.0. The molecule has 4 rings (SSSR count). The Hall–Kier alpha value is -2.37. The zero-order valence-corrected chi connectivity index (χ0v) is 18.7. The van der Waals surface area contributed by atoms with Crippen LogP contribution in [-0.4, -0.2) is 21.8 Å². The lowest BCUT2D eigenvalue weighted by molar-refractivity contribution is 0.0728. The molecule has 1 aliphatic carbocycles. The van der Waals surface area contributed by atoms with Gasteiger partial charge in [0.15, 0.2) is 0 Å². The van der Waals surface area contributed by atoms with Crippen LogP contribution in [0.3, 0.4) is 0 Å². The average Bonchev–Trinajstić information content (AvgIpc) is 3.49. The van der Waals surface area contributed by atoms with Crippen molar-refractivity contribution in [2.45, 2.75) is 51.8 Å². The van der Waals surface area contributed by atoms with Crippen molar-refractivity contribution in [3.63, 3.8) is 0 Å². The van der Waals surface area contributed by atoms with Gasteiger partial charge in [0.2, 0.25) is 0 Å². The molecular formula is C24H25ClN2O2S. The third kappa shape index (κ3) is 5.02. The van der Waals surface area contributed by atoms with Gasteiger partial charge < -0.3 is 9.64 Å². The van der Waals surface area contributed by atoms with Gasteiger partial charge in [-0.2, -0.15) is 0 Å². The van der Waals surface area contributed by atoms with E-state index in [1.54, 1.807) is 35.6 Å². The quantitative estimate of drug-likeness (QED) is 0.412. The van der Waals surface area contributed by atoms with Crippen LogP contribution in [0.15, 0.2) is 53.9 Å². The highest BCUT2D eigenvalue weighted by Crippen LogP contribution is 2.31. The van der Waals surface area contributed by atoms with E-state index in [-0.39, 0.29) is 5.91 Å². The number of halogens is 1. The SMILES string of the molecule is CC(C)c1ccccc1OCc1nc(CN(C(=O)c2ccc(Cl)cc2)C2CC2)cs1. The smallest absolute Gasteiger partial charge is 0.254 e. The number of nitrogens with zero attached hydrogens (tertiary/aromatic N) is 2. The van der Waals surface area contributed by atoms with E-state index in [4.69, 9.17) is 21.3 Å².